The Labute approximate surface area is 126 Å². The zero-order chi connectivity index (χ0) is 15.1. The maximum atomic E-state index is 11.5. The SMILES string of the molecule is CCNC(C)c1cc(Cl)ccc1OCCC(=O)N(C)C. The normalized spacial score (nSPS) is 12.1. The van der Waals surface area contributed by atoms with Crippen LogP contribution in [0.15, 0.2) is 18.2 Å². The Kier molecular flexibility index (Phi) is 6.82. The molecule has 5 heteroatoms. The highest BCUT2D eigenvalue weighted by molar-refractivity contribution is 6.30. The number of hydrogen-bond donors (Lipinski definition) is 1. The van der Waals surface area contributed by atoms with E-state index in [0.717, 1.165) is 17.9 Å². The molecule has 0 aliphatic carbocycles. The summed E-state index contributed by atoms with van der Waals surface area (Å²) in [6, 6.07) is 5.70. The van der Waals surface area contributed by atoms with E-state index in [0.29, 0.717) is 18.1 Å². The second kappa shape index (κ2) is 8.12. The average molecular weight is 299 g/mol. The van der Waals surface area contributed by atoms with E-state index >= 15 is 0 Å². The van der Waals surface area contributed by atoms with Crippen molar-refractivity contribution in [3.8, 4) is 5.75 Å². The summed E-state index contributed by atoms with van der Waals surface area (Å²) in [5, 5.41) is 4.01. The second-order valence-corrected chi connectivity index (χ2v) is 5.28. The number of nitrogens with one attached hydrogen (secondary N) is 1. The molecule has 0 heterocycles. The molecule has 1 atom stereocenters. The van der Waals surface area contributed by atoms with Crippen molar-refractivity contribution in [1.29, 1.82) is 0 Å². The fraction of sp³-hybridized carbons (Fsp3) is 0.533. The molecule has 1 aromatic carbocycles. The van der Waals surface area contributed by atoms with E-state index in [-0.39, 0.29) is 11.9 Å². The first kappa shape index (κ1) is 16.8. The first-order valence-corrected chi connectivity index (χ1v) is 7.19. The number of benzene rings is 1. The molecule has 0 aliphatic rings. The van der Waals surface area contributed by atoms with Crippen molar-refractivity contribution in [2.75, 3.05) is 27.2 Å². The van der Waals surface area contributed by atoms with E-state index in [9.17, 15) is 4.79 Å². The molecule has 1 unspecified atom stereocenters. The third-order valence-electron chi connectivity index (χ3n) is 3.02. The van der Waals surface area contributed by atoms with Gasteiger partial charge in [-0.2, -0.15) is 0 Å². The maximum Gasteiger partial charge on any atom is 0.225 e. The topological polar surface area (TPSA) is 41.6 Å². The van der Waals surface area contributed by atoms with Crippen LogP contribution < -0.4 is 10.1 Å². The number of hydrogen-bond acceptors (Lipinski definition) is 3. The van der Waals surface area contributed by atoms with Crippen molar-refractivity contribution >= 4 is 17.5 Å². The fourth-order valence-electron chi connectivity index (χ4n) is 1.88. The van der Waals surface area contributed by atoms with Gasteiger partial charge in [-0.15, -0.1) is 0 Å². The maximum absolute atomic E-state index is 11.5. The Hall–Kier alpha value is -1.26. The Bertz CT molecular complexity index is 449. The first-order chi connectivity index (χ1) is 9.45. The number of rotatable bonds is 7. The van der Waals surface area contributed by atoms with Crippen LogP contribution in [0, 0.1) is 0 Å². The molecule has 0 fully saturated rings. The molecule has 0 bridgehead atoms. The molecule has 0 spiro atoms. The molecular weight excluding hydrogens is 276 g/mol. The molecule has 1 rings (SSSR count). The third-order valence-corrected chi connectivity index (χ3v) is 3.26. The van der Waals surface area contributed by atoms with E-state index in [1.807, 2.05) is 12.1 Å². The van der Waals surface area contributed by atoms with Crippen LogP contribution in [0.1, 0.15) is 31.9 Å². The predicted octanol–water partition coefficient (Wildman–Crippen LogP) is 2.87. The van der Waals surface area contributed by atoms with Gasteiger partial charge in [0.25, 0.3) is 0 Å². The zero-order valence-electron chi connectivity index (χ0n) is 12.6. The molecule has 20 heavy (non-hydrogen) atoms. The highest BCUT2D eigenvalue weighted by atomic mass is 35.5. The largest absolute Gasteiger partial charge is 0.493 e. The summed E-state index contributed by atoms with van der Waals surface area (Å²) in [5.41, 5.74) is 1.01. The molecule has 4 nitrogen and oxygen atoms in total. The molecular formula is C15H23ClN2O2. The van der Waals surface area contributed by atoms with Crippen LogP contribution >= 0.6 is 11.6 Å². The molecule has 0 saturated heterocycles. The van der Waals surface area contributed by atoms with Gasteiger partial charge in [-0.05, 0) is 31.7 Å². The molecule has 1 amide bonds. The van der Waals surface area contributed by atoms with Crippen LogP contribution in [-0.4, -0.2) is 38.1 Å². The number of ether oxygens (including phenoxy) is 1. The van der Waals surface area contributed by atoms with E-state index in [1.54, 1.807) is 25.1 Å². The fourth-order valence-corrected chi connectivity index (χ4v) is 2.06. The molecule has 1 N–H and O–H groups in total. The summed E-state index contributed by atoms with van der Waals surface area (Å²) in [5.74, 6) is 0.828. The van der Waals surface area contributed by atoms with Crippen LogP contribution in [0.3, 0.4) is 0 Å². The summed E-state index contributed by atoms with van der Waals surface area (Å²) in [6.07, 6.45) is 0.366. The zero-order valence-corrected chi connectivity index (χ0v) is 13.3. The quantitative estimate of drug-likeness (QED) is 0.841. The van der Waals surface area contributed by atoms with Gasteiger partial charge >= 0.3 is 0 Å². The van der Waals surface area contributed by atoms with Crippen LogP contribution in [0.2, 0.25) is 5.02 Å². The number of carbonyl (C=O) groups is 1. The lowest BCUT2D eigenvalue weighted by atomic mass is 10.1. The minimum Gasteiger partial charge on any atom is -0.493 e. The van der Waals surface area contributed by atoms with Gasteiger partial charge in [0, 0.05) is 30.7 Å². The summed E-state index contributed by atoms with van der Waals surface area (Å²) in [7, 11) is 3.48. The Morgan fingerprint density at radius 3 is 2.75 bits per heavy atom. The molecule has 1 aromatic rings. The molecule has 0 radical (unpaired) electrons. The van der Waals surface area contributed by atoms with Gasteiger partial charge in [0.1, 0.15) is 5.75 Å². The lowest BCUT2D eigenvalue weighted by Gasteiger charge is -2.18. The smallest absolute Gasteiger partial charge is 0.225 e. The number of nitrogens with zero attached hydrogens (tertiary/aromatic N) is 1. The van der Waals surface area contributed by atoms with E-state index in [4.69, 9.17) is 16.3 Å². The van der Waals surface area contributed by atoms with Gasteiger partial charge in [0.15, 0.2) is 0 Å². The standard InChI is InChI=1S/C15H23ClN2O2/c1-5-17-11(2)13-10-12(16)6-7-14(13)20-9-8-15(19)18(3)4/h6-7,10-11,17H,5,8-9H2,1-4H3. The molecule has 0 saturated carbocycles. The van der Waals surface area contributed by atoms with Crippen molar-refractivity contribution in [2.45, 2.75) is 26.3 Å². The minimum atomic E-state index is 0.0558. The van der Waals surface area contributed by atoms with Crippen molar-refractivity contribution in [3.05, 3.63) is 28.8 Å². The van der Waals surface area contributed by atoms with E-state index in [2.05, 4.69) is 19.2 Å². The van der Waals surface area contributed by atoms with Gasteiger partial charge in [0.05, 0.1) is 13.0 Å². The summed E-state index contributed by atoms with van der Waals surface area (Å²) < 4.78 is 5.73. The van der Waals surface area contributed by atoms with Crippen LogP contribution in [0.5, 0.6) is 5.75 Å². The van der Waals surface area contributed by atoms with Gasteiger partial charge in [0.2, 0.25) is 5.91 Å². The highest BCUT2D eigenvalue weighted by Crippen LogP contribution is 2.28. The number of carbonyl (C=O) groups excluding carboxylic acids is 1. The summed E-state index contributed by atoms with van der Waals surface area (Å²) in [6.45, 7) is 5.35. The van der Waals surface area contributed by atoms with Gasteiger partial charge < -0.3 is 15.0 Å². The Morgan fingerprint density at radius 2 is 2.15 bits per heavy atom. The van der Waals surface area contributed by atoms with Gasteiger partial charge in [-0.1, -0.05) is 18.5 Å². The van der Waals surface area contributed by atoms with Crippen LogP contribution in [0.25, 0.3) is 0 Å². The highest BCUT2D eigenvalue weighted by Gasteiger charge is 2.12. The predicted molar refractivity (Wildman–Crippen MR) is 82.3 cm³/mol. The van der Waals surface area contributed by atoms with Crippen molar-refractivity contribution in [1.82, 2.24) is 10.2 Å². The monoisotopic (exact) mass is 298 g/mol. The van der Waals surface area contributed by atoms with Crippen molar-refractivity contribution in [2.24, 2.45) is 0 Å². The molecule has 112 valence electrons. The minimum absolute atomic E-state index is 0.0558. The molecule has 0 aliphatic heterocycles. The second-order valence-electron chi connectivity index (χ2n) is 4.85. The summed E-state index contributed by atoms with van der Waals surface area (Å²) in [4.78, 5) is 13.1. The van der Waals surface area contributed by atoms with Crippen LogP contribution in [0.4, 0.5) is 0 Å². The molecule has 0 aromatic heterocycles. The van der Waals surface area contributed by atoms with Crippen molar-refractivity contribution < 1.29 is 9.53 Å². The van der Waals surface area contributed by atoms with Gasteiger partial charge in [-0.3, -0.25) is 4.79 Å². The lowest BCUT2D eigenvalue weighted by Crippen LogP contribution is -2.23. The van der Waals surface area contributed by atoms with E-state index < -0.39 is 0 Å². The average Bonchev–Trinajstić information content (AvgIpc) is 2.40. The number of halogens is 1. The summed E-state index contributed by atoms with van der Waals surface area (Å²) >= 11 is 6.04. The third kappa shape index (κ3) is 5.02. The van der Waals surface area contributed by atoms with Gasteiger partial charge in [-0.25, -0.2) is 0 Å². The number of amides is 1. The Balaban J connectivity index is 2.71. The Morgan fingerprint density at radius 1 is 1.45 bits per heavy atom. The lowest BCUT2D eigenvalue weighted by molar-refractivity contribution is -0.129. The van der Waals surface area contributed by atoms with Crippen molar-refractivity contribution in [3.63, 3.8) is 0 Å². The van der Waals surface area contributed by atoms with E-state index in [1.165, 1.54) is 0 Å². The van der Waals surface area contributed by atoms with Crippen LogP contribution in [-0.2, 0) is 4.79 Å². The first-order valence-electron chi connectivity index (χ1n) is 6.81.